The molecule has 1 saturated heterocycles. The number of halogens is 1. The van der Waals surface area contributed by atoms with E-state index in [0.29, 0.717) is 42.0 Å². The zero-order valence-electron chi connectivity index (χ0n) is 16.5. The predicted molar refractivity (Wildman–Crippen MR) is 119 cm³/mol. The molecule has 3 aromatic rings. The highest BCUT2D eigenvalue weighted by molar-refractivity contribution is 7.89. The number of sulfonamides is 1. The Morgan fingerprint density at radius 3 is 2.48 bits per heavy atom. The molecular weight excluding hydrogens is 462 g/mol. The number of benzene rings is 2. The first kappa shape index (κ1) is 22.0. The lowest BCUT2D eigenvalue weighted by molar-refractivity contribution is 0.0456. The second-order valence-electron chi connectivity index (χ2n) is 6.71. The minimum atomic E-state index is -3.54. The van der Waals surface area contributed by atoms with Crippen LogP contribution in [0.3, 0.4) is 0 Å². The zero-order valence-corrected chi connectivity index (χ0v) is 18.8. The maximum Gasteiger partial charge on any atom is 0.350 e. The van der Waals surface area contributed by atoms with Crippen LogP contribution >= 0.6 is 22.9 Å². The number of carbonyl (C=O) groups is 1. The number of morpholine rings is 1. The molecule has 0 N–H and O–H groups in total. The van der Waals surface area contributed by atoms with E-state index in [1.165, 1.54) is 27.8 Å². The number of thiophene rings is 1. The Morgan fingerprint density at radius 1 is 1.06 bits per heavy atom. The molecule has 10 heteroatoms. The lowest BCUT2D eigenvalue weighted by atomic mass is 10.2. The van der Waals surface area contributed by atoms with Crippen molar-refractivity contribution in [2.24, 2.45) is 0 Å². The number of rotatable bonds is 7. The quantitative estimate of drug-likeness (QED) is 0.377. The van der Waals surface area contributed by atoms with Crippen molar-refractivity contribution in [2.75, 3.05) is 39.5 Å². The van der Waals surface area contributed by atoms with Gasteiger partial charge in [0.25, 0.3) is 0 Å². The maximum atomic E-state index is 12.6. The molecule has 0 saturated carbocycles. The lowest BCUT2D eigenvalue weighted by Crippen LogP contribution is -2.40. The third-order valence-electron chi connectivity index (χ3n) is 4.74. The summed E-state index contributed by atoms with van der Waals surface area (Å²) >= 11 is 7.57. The molecule has 164 valence electrons. The summed E-state index contributed by atoms with van der Waals surface area (Å²) in [7, 11) is -3.54. The van der Waals surface area contributed by atoms with Crippen molar-refractivity contribution in [3.8, 4) is 5.75 Å². The summed E-state index contributed by atoms with van der Waals surface area (Å²) in [5.41, 5.74) is 0. The van der Waals surface area contributed by atoms with Gasteiger partial charge in [-0.2, -0.15) is 4.31 Å². The van der Waals surface area contributed by atoms with E-state index in [4.69, 9.17) is 25.8 Å². The molecule has 0 bridgehead atoms. The van der Waals surface area contributed by atoms with Crippen LogP contribution in [0.5, 0.6) is 5.75 Å². The molecule has 1 aromatic heterocycles. The molecule has 2 heterocycles. The largest absolute Gasteiger partial charge is 0.490 e. The van der Waals surface area contributed by atoms with E-state index in [-0.39, 0.29) is 18.1 Å². The standard InChI is InChI=1S/C21H20ClNO6S2/c22-19-17-3-1-2-4-18(17)30-20(19)21(24)29-14-13-28-15-5-7-16(8-6-15)31(25,26)23-9-11-27-12-10-23/h1-8H,9-14H2. The van der Waals surface area contributed by atoms with Gasteiger partial charge >= 0.3 is 5.97 Å². The number of ether oxygens (including phenoxy) is 3. The molecule has 0 unspecified atom stereocenters. The highest BCUT2D eigenvalue weighted by Gasteiger charge is 2.26. The van der Waals surface area contributed by atoms with Crippen LogP contribution < -0.4 is 4.74 Å². The Balaban J connectivity index is 1.29. The molecule has 1 aliphatic heterocycles. The molecule has 31 heavy (non-hydrogen) atoms. The Morgan fingerprint density at radius 2 is 1.77 bits per heavy atom. The molecule has 0 aliphatic carbocycles. The van der Waals surface area contributed by atoms with Gasteiger partial charge in [0.05, 0.1) is 23.1 Å². The molecule has 2 aromatic carbocycles. The number of fused-ring (bicyclic) bond motifs is 1. The average molecular weight is 482 g/mol. The Bertz CT molecular complexity index is 1170. The van der Waals surface area contributed by atoms with Crippen molar-refractivity contribution in [1.29, 1.82) is 0 Å². The van der Waals surface area contributed by atoms with Crippen LogP contribution in [-0.4, -0.2) is 58.2 Å². The van der Waals surface area contributed by atoms with Gasteiger partial charge in [-0.3, -0.25) is 0 Å². The first-order valence-electron chi connectivity index (χ1n) is 9.62. The van der Waals surface area contributed by atoms with Crippen LogP contribution in [-0.2, 0) is 19.5 Å². The SMILES string of the molecule is O=C(OCCOc1ccc(S(=O)(=O)N2CCOCC2)cc1)c1sc2ccccc2c1Cl. The second kappa shape index (κ2) is 9.54. The molecule has 0 atom stereocenters. The summed E-state index contributed by atoms with van der Waals surface area (Å²) in [6.07, 6.45) is 0. The molecule has 4 rings (SSSR count). The minimum absolute atomic E-state index is 0.0389. The summed E-state index contributed by atoms with van der Waals surface area (Å²) in [5, 5.41) is 1.22. The number of hydrogen-bond donors (Lipinski definition) is 0. The summed E-state index contributed by atoms with van der Waals surface area (Å²) in [6, 6.07) is 13.7. The second-order valence-corrected chi connectivity index (χ2v) is 10.1. The van der Waals surface area contributed by atoms with Gasteiger partial charge in [-0.1, -0.05) is 29.8 Å². The van der Waals surface area contributed by atoms with Gasteiger partial charge in [-0.25, -0.2) is 13.2 Å². The fourth-order valence-corrected chi connectivity index (χ4v) is 5.96. The number of nitrogens with zero attached hydrogens (tertiary/aromatic N) is 1. The molecule has 0 radical (unpaired) electrons. The van der Waals surface area contributed by atoms with E-state index in [2.05, 4.69) is 0 Å². The van der Waals surface area contributed by atoms with Crippen LogP contribution in [0.25, 0.3) is 10.1 Å². The number of carbonyl (C=O) groups excluding carboxylic acids is 1. The van der Waals surface area contributed by atoms with Gasteiger partial charge in [0.1, 0.15) is 23.8 Å². The van der Waals surface area contributed by atoms with Crippen LogP contribution in [0.4, 0.5) is 0 Å². The normalized spacial score (nSPS) is 15.1. The van der Waals surface area contributed by atoms with Gasteiger partial charge in [-0.05, 0) is 30.3 Å². The first-order chi connectivity index (χ1) is 15.0. The van der Waals surface area contributed by atoms with E-state index in [9.17, 15) is 13.2 Å². The first-order valence-corrected chi connectivity index (χ1v) is 12.3. The summed E-state index contributed by atoms with van der Waals surface area (Å²) in [5.74, 6) is -0.0152. The fraction of sp³-hybridized carbons (Fsp3) is 0.286. The monoisotopic (exact) mass is 481 g/mol. The Hall–Kier alpha value is -2.17. The highest BCUT2D eigenvalue weighted by atomic mass is 35.5. The summed E-state index contributed by atoms with van der Waals surface area (Å²) in [4.78, 5) is 12.9. The molecule has 0 spiro atoms. The molecule has 0 amide bonds. The number of esters is 1. The third kappa shape index (κ3) is 4.86. The van der Waals surface area contributed by atoms with Crippen molar-refractivity contribution in [3.63, 3.8) is 0 Å². The Labute approximate surface area is 189 Å². The van der Waals surface area contributed by atoms with Crippen molar-refractivity contribution >= 4 is 49.0 Å². The minimum Gasteiger partial charge on any atom is -0.490 e. The zero-order chi connectivity index (χ0) is 21.8. The topological polar surface area (TPSA) is 82.1 Å². The van der Waals surface area contributed by atoms with Gasteiger partial charge in [0.2, 0.25) is 10.0 Å². The van der Waals surface area contributed by atoms with E-state index < -0.39 is 16.0 Å². The third-order valence-corrected chi connectivity index (χ3v) is 8.31. The Kier molecular flexibility index (Phi) is 6.78. The summed E-state index contributed by atoms with van der Waals surface area (Å²) in [6.45, 7) is 1.64. The maximum absolute atomic E-state index is 12.6. The predicted octanol–water partition coefficient (Wildman–Crippen LogP) is 3.81. The highest BCUT2D eigenvalue weighted by Crippen LogP contribution is 2.35. The molecule has 7 nitrogen and oxygen atoms in total. The average Bonchev–Trinajstić information content (AvgIpc) is 3.14. The van der Waals surface area contributed by atoms with Crippen LogP contribution in [0.2, 0.25) is 5.02 Å². The van der Waals surface area contributed by atoms with Gasteiger partial charge in [-0.15, -0.1) is 11.3 Å². The number of hydrogen-bond acceptors (Lipinski definition) is 7. The fourth-order valence-electron chi connectivity index (χ4n) is 3.15. The van der Waals surface area contributed by atoms with Crippen LogP contribution in [0.15, 0.2) is 53.4 Å². The van der Waals surface area contributed by atoms with Gasteiger partial charge < -0.3 is 14.2 Å². The van der Waals surface area contributed by atoms with E-state index >= 15 is 0 Å². The van der Waals surface area contributed by atoms with Crippen molar-refractivity contribution in [3.05, 3.63) is 58.4 Å². The van der Waals surface area contributed by atoms with Crippen LogP contribution in [0, 0.1) is 0 Å². The van der Waals surface area contributed by atoms with Crippen molar-refractivity contribution in [2.45, 2.75) is 4.90 Å². The molecule has 1 fully saturated rings. The van der Waals surface area contributed by atoms with Gasteiger partial charge in [0.15, 0.2) is 0 Å². The van der Waals surface area contributed by atoms with Crippen LogP contribution in [0.1, 0.15) is 9.67 Å². The van der Waals surface area contributed by atoms with Gasteiger partial charge in [0, 0.05) is 23.2 Å². The molecular formula is C21H20ClNO6S2. The lowest BCUT2D eigenvalue weighted by Gasteiger charge is -2.26. The van der Waals surface area contributed by atoms with Crippen molar-refractivity contribution in [1.82, 2.24) is 4.31 Å². The smallest absolute Gasteiger partial charge is 0.350 e. The van der Waals surface area contributed by atoms with E-state index in [0.717, 1.165) is 10.1 Å². The van der Waals surface area contributed by atoms with Crippen molar-refractivity contribution < 1.29 is 27.4 Å². The summed E-state index contributed by atoms with van der Waals surface area (Å²) < 4.78 is 43.6. The van der Waals surface area contributed by atoms with E-state index in [1.807, 2.05) is 24.3 Å². The van der Waals surface area contributed by atoms with E-state index in [1.54, 1.807) is 12.1 Å². The molecule has 1 aliphatic rings.